The third-order valence-corrected chi connectivity index (χ3v) is 11.2. The number of oxime groups is 1. The van der Waals surface area contributed by atoms with E-state index in [0.29, 0.717) is 34.0 Å². The van der Waals surface area contributed by atoms with Gasteiger partial charge in [-0.2, -0.15) is 0 Å². The van der Waals surface area contributed by atoms with E-state index in [0.717, 1.165) is 47.7 Å². The van der Waals surface area contributed by atoms with Gasteiger partial charge in [0.15, 0.2) is 16.6 Å². The predicted octanol–water partition coefficient (Wildman–Crippen LogP) is 0.481. The van der Waals surface area contributed by atoms with Gasteiger partial charge in [-0.1, -0.05) is 11.2 Å². The fourth-order valence-electron chi connectivity index (χ4n) is 6.84. The first kappa shape index (κ1) is 36.3. The number of nitrogens with zero attached hydrogens (tertiary/aromatic N) is 5. The Kier molecular flexibility index (Phi) is 9.97. The molecular formula is C32H34N7O11S2+. The van der Waals surface area contributed by atoms with Gasteiger partial charge in [0, 0.05) is 47.5 Å². The molecule has 0 aliphatic carbocycles. The van der Waals surface area contributed by atoms with Crippen molar-refractivity contribution in [3.8, 4) is 5.75 Å². The summed E-state index contributed by atoms with van der Waals surface area (Å²) >= 11 is 2.22. The Morgan fingerprint density at radius 3 is 2.52 bits per heavy atom. The van der Waals surface area contributed by atoms with Crippen LogP contribution in [0.15, 0.2) is 51.0 Å². The number of aromatic nitrogens is 2. The summed E-state index contributed by atoms with van der Waals surface area (Å²) in [5, 5.41) is 45.8. The maximum Gasteiger partial charge on any atom is 0.352 e. The molecule has 0 spiro atoms. The molecule has 2 amide bonds. The van der Waals surface area contributed by atoms with Crippen LogP contribution >= 0.6 is 23.1 Å². The van der Waals surface area contributed by atoms with E-state index in [-0.39, 0.29) is 28.0 Å². The summed E-state index contributed by atoms with van der Waals surface area (Å²) in [5.74, 6) is -6.18. The fraction of sp³-hybridized carbons (Fsp3) is 0.375. The van der Waals surface area contributed by atoms with Crippen LogP contribution in [0.2, 0.25) is 0 Å². The van der Waals surface area contributed by atoms with Crippen molar-refractivity contribution in [2.24, 2.45) is 12.2 Å². The van der Waals surface area contributed by atoms with Crippen LogP contribution in [0, 0.1) is 0 Å². The highest BCUT2D eigenvalue weighted by Gasteiger charge is 2.55. The van der Waals surface area contributed by atoms with Crippen LogP contribution < -0.4 is 16.5 Å². The summed E-state index contributed by atoms with van der Waals surface area (Å²) in [7, 11) is 1.73. The number of carbonyl (C=O) groups excluding carboxylic acids is 2. The molecule has 7 N–H and O–H groups in total. The van der Waals surface area contributed by atoms with Crippen LogP contribution in [0.3, 0.4) is 0 Å². The molecule has 2 fully saturated rings. The lowest BCUT2D eigenvalue weighted by Crippen LogP contribution is -2.71. The summed E-state index contributed by atoms with van der Waals surface area (Å²) in [6.07, 6.45) is 0.317. The molecule has 3 aliphatic rings. The molecule has 5 heterocycles. The number of rotatable bonds is 13. The summed E-state index contributed by atoms with van der Waals surface area (Å²) in [6, 6.07) is 4.24. The lowest BCUT2D eigenvalue weighted by Gasteiger charge is -2.50. The number of carboxylic acids is 3. The number of pyridine rings is 1. The van der Waals surface area contributed by atoms with Crippen molar-refractivity contribution in [1.82, 2.24) is 19.8 Å². The number of β-lactam (4-membered cyclic amide) rings is 1. The summed E-state index contributed by atoms with van der Waals surface area (Å²) in [6.45, 7) is 2.44. The van der Waals surface area contributed by atoms with E-state index in [1.165, 1.54) is 23.3 Å². The maximum absolute atomic E-state index is 13.5. The van der Waals surface area contributed by atoms with Gasteiger partial charge in [0.1, 0.15) is 35.9 Å². The number of carbonyl (C=O) groups is 5. The van der Waals surface area contributed by atoms with E-state index in [9.17, 15) is 44.1 Å². The highest BCUT2D eigenvalue weighted by atomic mass is 32.2. The monoisotopic (exact) mass is 756 g/mol. The molecule has 274 valence electrons. The van der Waals surface area contributed by atoms with Gasteiger partial charge < -0.3 is 45.4 Å². The number of likely N-dealkylation sites (tertiary alicyclic amines) is 1. The maximum atomic E-state index is 13.5. The molecule has 52 heavy (non-hydrogen) atoms. The van der Waals surface area contributed by atoms with Gasteiger partial charge in [0.25, 0.3) is 11.8 Å². The number of anilines is 1. The van der Waals surface area contributed by atoms with Crippen molar-refractivity contribution in [2.45, 2.75) is 43.3 Å². The number of aryl methyl sites for hydroxylation is 1. The van der Waals surface area contributed by atoms with Crippen molar-refractivity contribution < 1.29 is 53.7 Å². The Morgan fingerprint density at radius 1 is 1.15 bits per heavy atom. The second-order valence-corrected chi connectivity index (χ2v) is 14.8. The molecule has 20 heteroatoms. The predicted molar refractivity (Wildman–Crippen MR) is 186 cm³/mol. The molecule has 2 saturated heterocycles. The largest absolute Gasteiger partial charge is 0.503 e. The number of hydrogen-bond acceptors (Lipinski definition) is 13. The zero-order valence-corrected chi connectivity index (χ0v) is 29.2. The van der Waals surface area contributed by atoms with E-state index in [1.54, 1.807) is 17.7 Å². The third-order valence-electron chi connectivity index (χ3n) is 9.22. The average Bonchev–Trinajstić information content (AvgIpc) is 3.73. The van der Waals surface area contributed by atoms with Crippen LogP contribution in [-0.4, -0.2) is 118 Å². The first-order valence-electron chi connectivity index (χ1n) is 15.9. The Morgan fingerprint density at radius 2 is 1.88 bits per heavy atom. The molecule has 0 saturated carbocycles. The van der Waals surface area contributed by atoms with Gasteiger partial charge in [0.05, 0.1) is 31.2 Å². The smallest absolute Gasteiger partial charge is 0.352 e. The number of benzene rings is 1. The average molecular weight is 757 g/mol. The summed E-state index contributed by atoms with van der Waals surface area (Å²) < 4.78 is 2.21. The van der Waals surface area contributed by atoms with Gasteiger partial charge >= 0.3 is 17.9 Å². The zero-order chi connectivity index (χ0) is 37.5. The van der Waals surface area contributed by atoms with Gasteiger partial charge in [-0.05, 0) is 12.1 Å². The molecule has 6 rings (SSSR count). The standard InChI is InChI=1S/C32H33N7O11S2/c1-37-10-20(40)26(43)17-5-4-15(8-19(17)37)11-39(6-2-3-7-39)12-16-13-51-29-24(28(45)38(29)25(16)31(48)49)35-27(44)23(18-14-52-32(33)34-18)36-50-21(30(46)47)9-22(41)42/h4-5,8,10,14,21,24,29H,2-3,6-7,9,11-13H2,1H3,(H6-,33,34,35,40,41,42,44,46,47,48,49)/p+1/b36-23-/t21-,24+,29+/m0/s1. The molecular weight excluding hydrogens is 723 g/mol. The molecule has 0 radical (unpaired) electrons. The Hall–Kier alpha value is -5.47. The number of amides is 2. The minimum atomic E-state index is -1.93. The Labute approximate surface area is 302 Å². The number of nitrogens with two attached hydrogens (primary N) is 1. The zero-order valence-electron chi connectivity index (χ0n) is 27.6. The number of thiazole rings is 1. The van der Waals surface area contributed by atoms with Crippen molar-refractivity contribution in [3.05, 3.63) is 62.5 Å². The quantitative estimate of drug-likeness (QED) is 0.0600. The minimum Gasteiger partial charge on any atom is -0.503 e. The number of fused-ring (bicyclic) bond motifs is 2. The van der Waals surface area contributed by atoms with Gasteiger partial charge in [0.2, 0.25) is 11.5 Å². The van der Waals surface area contributed by atoms with Gasteiger partial charge in [-0.25, -0.2) is 14.6 Å². The lowest BCUT2D eigenvalue weighted by atomic mass is 10.0. The normalized spacial score (nSPS) is 20.3. The number of aliphatic carboxylic acids is 3. The molecule has 3 atom stereocenters. The SMILES string of the molecule is Cn1cc(O)c(=O)c2ccc(C[N+]3(CC4=C(C(=O)O)N5C(=O)[C@@H](NC(=O)/C(=N\O[C@@H](CC(=O)O)C(=O)O)c6csc(N)n6)[C@H]5SC4)CCCC3)cc21. The number of quaternary nitrogens is 1. The third kappa shape index (κ3) is 7.03. The molecule has 3 aromatic rings. The highest BCUT2D eigenvalue weighted by molar-refractivity contribution is 8.00. The number of thioether (sulfide) groups is 1. The minimum absolute atomic E-state index is 0.0401. The number of nitrogens with one attached hydrogen (secondary N) is 1. The van der Waals surface area contributed by atoms with E-state index >= 15 is 0 Å². The van der Waals surface area contributed by atoms with Crippen LogP contribution in [0.25, 0.3) is 10.9 Å². The number of nitrogen functional groups attached to an aromatic ring is 1. The van der Waals surface area contributed by atoms with E-state index in [2.05, 4.69) is 15.5 Å². The van der Waals surface area contributed by atoms with Crippen LogP contribution in [-0.2, 0) is 42.4 Å². The molecule has 18 nitrogen and oxygen atoms in total. The number of aromatic hydroxyl groups is 1. The topological polar surface area (TPSA) is 264 Å². The van der Waals surface area contributed by atoms with E-state index in [1.807, 2.05) is 12.1 Å². The lowest BCUT2D eigenvalue weighted by molar-refractivity contribution is -0.925. The first-order valence-corrected chi connectivity index (χ1v) is 17.9. The van der Waals surface area contributed by atoms with Crippen LogP contribution in [0.5, 0.6) is 5.75 Å². The molecule has 1 aromatic carbocycles. The molecule has 0 unspecified atom stereocenters. The van der Waals surface area contributed by atoms with Gasteiger partial charge in [-0.15, -0.1) is 23.1 Å². The van der Waals surface area contributed by atoms with E-state index in [4.69, 9.17) is 15.7 Å². The molecule has 2 aromatic heterocycles. The number of hydrogen-bond donors (Lipinski definition) is 6. The van der Waals surface area contributed by atoms with Crippen LogP contribution in [0.1, 0.15) is 30.5 Å². The fourth-order valence-corrected chi connectivity index (χ4v) is 8.72. The highest BCUT2D eigenvalue weighted by Crippen LogP contribution is 2.42. The molecule has 0 bridgehead atoms. The van der Waals surface area contributed by atoms with Crippen molar-refractivity contribution >= 4 is 74.6 Å². The van der Waals surface area contributed by atoms with Crippen molar-refractivity contribution in [3.63, 3.8) is 0 Å². The van der Waals surface area contributed by atoms with E-state index < -0.39 is 64.8 Å². The van der Waals surface area contributed by atoms with Gasteiger partial charge in [-0.3, -0.25) is 24.1 Å². The Bertz CT molecular complexity index is 2120. The molecule has 3 aliphatic heterocycles. The van der Waals surface area contributed by atoms with Crippen molar-refractivity contribution in [2.75, 3.05) is 31.1 Å². The Balaban J connectivity index is 1.22. The number of carboxylic acid groups (broad SMARTS) is 3. The van der Waals surface area contributed by atoms with Crippen LogP contribution in [0.4, 0.5) is 5.13 Å². The summed E-state index contributed by atoms with van der Waals surface area (Å²) in [4.78, 5) is 84.8. The first-order chi connectivity index (χ1) is 24.7. The van der Waals surface area contributed by atoms with Crippen molar-refractivity contribution in [1.29, 1.82) is 0 Å². The second-order valence-electron chi connectivity index (χ2n) is 12.8. The second kappa shape index (κ2) is 14.3. The summed E-state index contributed by atoms with van der Waals surface area (Å²) in [5.41, 5.74) is 6.57.